The van der Waals surface area contributed by atoms with Gasteiger partial charge in [-0.3, -0.25) is 9.59 Å². The van der Waals surface area contributed by atoms with Gasteiger partial charge in [0.05, 0.1) is 18.7 Å². The molecule has 138 valence electrons. The number of carbonyl (C=O) groups excluding carboxylic acids is 2. The van der Waals surface area contributed by atoms with Crippen molar-refractivity contribution in [3.05, 3.63) is 64.1 Å². The number of hydrogen-bond donors (Lipinski definition) is 2. The maximum Gasteiger partial charge on any atom is 0.251 e. The van der Waals surface area contributed by atoms with Gasteiger partial charge < -0.3 is 15.4 Å². The molecule has 5 nitrogen and oxygen atoms in total. The first-order valence-electron chi connectivity index (χ1n) is 8.45. The minimum atomic E-state index is -0.299. The van der Waals surface area contributed by atoms with Crippen LogP contribution in [0.15, 0.2) is 53.0 Å². The third-order valence-corrected chi connectivity index (χ3v) is 4.17. The number of rotatable bonds is 7. The smallest absolute Gasteiger partial charge is 0.251 e. The van der Waals surface area contributed by atoms with E-state index < -0.39 is 0 Å². The van der Waals surface area contributed by atoms with Gasteiger partial charge in [-0.25, -0.2) is 0 Å². The fourth-order valence-electron chi connectivity index (χ4n) is 2.35. The normalized spacial score (nSPS) is 11.7. The zero-order valence-electron chi connectivity index (χ0n) is 15.1. The lowest BCUT2D eigenvalue weighted by molar-refractivity contribution is -0.120. The number of carbonyl (C=O) groups is 2. The van der Waals surface area contributed by atoms with E-state index in [0.29, 0.717) is 11.3 Å². The lowest BCUT2D eigenvalue weighted by Crippen LogP contribution is -2.38. The molecule has 0 aliphatic heterocycles. The van der Waals surface area contributed by atoms with Crippen LogP contribution < -0.4 is 15.4 Å². The van der Waals surface area contributed by atoms with Crippen molar-refractivity contribution in [1.29, 1.82) is 0 Å². The van der Waals surface area contributed by atoms with Crippen LogP contribution in [0.25, 0.3) is 0 Å². The summed E-state index contributed by atoms with van der Waals surface area (Å²) >= 11 is 3.38. The standard InChI is InChI=1S/C20H23BrN2O3/c1-13(2)26-18-10-6-16(7-11-18)20(25)22-12-19(24)23-14(3)15-4-8-17(21)9-5-15/h4-11,13-14H,12H2,1-3H3,(H,22,25)(H,23,24). The van der Waals surface area contributed by atoms with E-state index in [1.165, 1.54) is 0 Å². The van der Waals surface area contributed by atoms with Gasteiger partial charge >= 0.3 is 0 Å². The lowest BCUT2D eigenvalue weighted by atomic mass is 10.1. The first-order valence-corrected chi connectivity index (χ1v) is 9.24. The quantitative estimate of drug-likeness (QED) is 0.717. The number of hydrogen-bond acceptors (Lipinski definition) is 3. The van der Waals surface area contributed by atoms with Crippen molar-refractivity contribution in [1.82, 2.24) is 10.6 Å². The molecule has 0 saturated heterocycles. The summed E-state index contributed by atoms with van der Waals surface area (Å²) in [5, 5.41) is 5.49. The molecule has 0 bridgehead atoms. The minimum Gasteiger partial charge on any atom is -0.491 e. The van der Waals surface area contributed by atoms with Gasteiger partial charge in [0.1, 0.15) is 5.75 Å². The number of benzene rings is 2. The number of nitrogens with one attached hydrogen (secondary N) is 2. The average Bonchev–Trinajstić information content (AvgIpc) is 2.60. The average molecular weight is 419 g/mol. The monoisotopic (exact) mass is 418 g/mol. The molecule has 2 aromatic carbocycles. The van der Waals surface area contributed by atoms with Crippen molar-refractivity contribution in [2.24, 2.45) is 0 Å². The molecular formula is C20H23BrN2O3. The molecule has 0 fully saturated rings. The van der Waals surface area contributed by atoms with Crippen molar-refractivity contribution in [2.75, 3.05) is 6.54 Å². The maximum absolute atomic E-state index is 12.1. The highest BCUT2D eigenvalue weighted by Gasteiger charge is 2.12. The van der Waals surface area contributed by atoms with Gasteiger partial charge in [0.15, 0.2) is 0 Å². The predicted octanol–water partition coefficient (Wildman–Crippen LogP) is 3.84. The highest BCUT2D eigenvalue weighted by atomic mass is 79.9. The Kier molecular flexibility index (Phi) is 7.21. The molecule has 2 rings (SSSR count). The Morgan fingerprint density at radius 3 is 2.19 bits per heavy atom. The second-order valence-electron chi connectivity index (χ2n) is 6.21. The summed E-state index contributed by atoms with van der Waals surface area (Å²) in [6.45, 7) is 5.70. The summed E-state index contributed by atoms with van der Waals surface area (Å²) in [6.07, 6.45) is 0.0751. The van der Waals surface area contributed by atoms with Crippen molar-refractivity contribution in [3.63, 3.8) is 0 Å². The zero-order chi connectivity index (χ0) is 19.1. The summed E-state index contributed by atoms with van der Waals surface area (Å²) in [6, 6.07) is 14.4. The van der Waals surface area contributed by atoms with Crippen molar-refractivity contribution >= 4 is 27.7 Å². The van der Waals surface area contributed by atoms with Crippen LogP contribution in [0.2, 0.25) is 0 Å². The highest BCUT2D eigenvalue weighted by molar-refractivity contribution is 9.10. The van der Waals surface area contributed by atoms with Crippen LogP contribution in [-0.4, -0.2) is 24.5 Å². The van der Waals surface area contributed by atoms with Gasteiger partial charge in [-0.15, -0.1) is 0 Å². The third-order valence-electron chi connectivity index (χ3n) is 3.65. The van der Waals surface area contributed by atoms with Crippen molar-refractivity contribution in [3.8, 4) is 5.75 Å². The molecule has 1 atom stereocenters. The van der Waals surface area contributed by atoms with Crippen LogP contribution in [0.4, 0.5) is 0 Å². The van der Waals surface area contributed by atoms with Crippen LogP contribution in [0, 0.1) is 0 Å². The molecule has 2 amide bonds. The number of halogens is 1. The number of amides is 2. The minimum absolute atomic E-state index is 0.0751. The molecule has 2 N–H and O–H groups in total. The first-order chi connectivity index (χ1) is 12.3. The van der Waals surface area contributed by atoms with E-state index in [9.17, 15) is 9.59 Å². The lowest BCUT2D eigenvalue weighted by Gasteiger charge is -2.15. The van der Waals surface area contributed by atoms with Crippen LogP contribution in [0.1, 0.15) is 42.7 Å². The molecule has 0 saturated carbocycles. The molecule has 6 heteroatoms. The molecule has 0 spiro atoms. The van der Waals surface area contributed by atoms with Gasteiger partial charge in [0.2, 0.25) is 5.91 Å². The number of ether oxygens (including phenoxy) is 1. The Labute approximate surface area is 162 Å². The van der Waals surface area contributed by atoms with E-state index in [2.05, 4.69) is 26.6 Å². The molecule has 1 unspecified atom stereocenters. The Balaban J connectivity index is 1.82. The van der Waals surface area contributed by atoms with Gasteiger partial charge in [-0.05, 0) is 62.7 Å². The molecule has 0 radical (unpaired) electrons. The summed E-state index contributed by atoms with van der Waals surface area (Å²) < 4.78 is 6.52. The van der Waals surface area contributed by atoms with Gasteiger partial charge in [-0.2, -0.15) is 0 Å². The Hall–Kier alpha value is -2.34. The molecule has 0 heterocycles. The van der Waals surface area contributed by atoms with Crippen molar-refractivity contribution in [2.45, 2.75) is 32.9 Å². The molecule has 26 heavy (non-hydrogen) atoms. The fraction of sp³-hybridized carbons (Fsp3) is 0.300. The zero-order valence-corrected chi connectivity index (χ0v) is 16.7. The molecule has 0 aliphatic rings. The largest absolute Gasteiger partial charge is 0.491 e. The molecule has 0 aromatic heterocycles. The molecule has 0 aliphatic carbocycles. The van der Waals surface area contributed by atoms with Crippen LogP contribution >= 0.6 is 15.9 Å². The van der Waals surface area contributed by atoms with E-state index >= 15 is 0 Å². The van der Waals surface area contributed by atoms with E-state index in [1.54, 1.807) is 24.3 Å². The second-order valence-corrected chi connectivity index (χ2v) is 7.13. The van der Waals surface area contributed by atoms with Crippen LogP contribution in [0.5, 0.6) is 5.75 Å². The van der Waals surface area contributed by atoms with Crippen LogP contribution in [0.3, 0.4) is 0 Å². The highest BCUT2D eigenvalue weighted by Crippen LogP contribution is 2.16. The summed E-state index contributed by atoms with van der Waals surface area (Å²) in [7, 11) is 0. The van der Waals surface area contributed by atoms with Gasteiger partial charge in [0.25, 0.3) is 5.91 Å². The van der Waals surface area contributed by atoms with E-state index in [4.69, 9.17) is 4.74 Å². The Morgan fingerprint density at radius 2 is 1.62 bits per heavy atom. The van der Waals surface area contributed by atoms with Gasteiger partial charge in [0, 0.05) is 10.0 Å². The Bertz CT molecular complexity index is 743. The fourth-order valence-corrected chi connectivity index (χ4v) is 2.61. The second kappa shape index (κ2) is 9.38. The van der Waals surface area contributed by atoms with E-state index in [0.717, 1.165) is 10.0 Å². The maximum atomic E-state index is 12.1. The molecule has 2 aromatic rings. The Morgan fingerprint density at radius 1 is 1.00 bits per heavy atom. The summed E-state index contributed by atoms with van der Waals surface area (Å²) in [4.78, 5) is 24.2. The molecular weight excluding hydrogens is 396 g/mol. The van der Waals surface area contributed by atoms with Gasteiger partial charge in [-0.1, -0.05) is 28.1 Å². The SMILES string of the molecule is CC(C)Oc1ccc(C(=O)NCC(=O)NC(C)c2ccc(Br)cc2)cc1. The van der Waals surface area contributed by atoms with E-state index in [1.807, 2.05) is 45.0 Å². The third kappa shape index (κ3) is 6.19. The first kappa shape index (κ1) is 20.0. The predicted molar refractivity (Wildman–Crippen MR) is 105 cm³/mol. The summed E-state index contributed by atoms with van der Waals surface area (Å²) in [5.74, 6) is 0.165. The summed E-state index contributed by atoms with van der Waals surface area (Å²) in [5.41, 5.74) is 1.48. The topological polar surface area (TPSA) is 67.4 Å². The van der Waals surface area contributed by atoms with Crippen molar-refractivity contribution < 1.29 is 14.3 Å². The van der Waals surface area contributed by atoms with Crippen LogP contribution in [-0.2, 0) is 4.79 Å². The van der Waals surface area contributed by atoms with E-state index in [-0.39, 0.29) is 30.5 Å².